The third-order valence-electron chi connectivity index (χ3n) is 4.46. The van der Waals surface area contributed by atoms with Gasteiger partial charge in [-0.25, -0.2) is 4.79 Å². The molecule has 0 amide bonds. The van der Waals surface area contributed by atoms with Crippen molar-refractivity contribution in [3.05, 3.63) is 70.8 Å². The molecule has 1 aliphatic carbocycles. The van der Waals surface area contributed by atoms with Crippen LogP contribution in [0.3, 0.4) is 0 Å². The van der Waals surface area contributed by atoms with E-state index in [0.29, 0.717) is 23.0 Å². The number of allylic oxidation sites excluding steroid dienone is 1. The summed E-state index contributed by atoms with van der Waals surface area (Å²) in [5.41, 5.74) is 2.49. The number of nitrogens with zero attached hydrogens (tertiary/aromatic N) is 1. The molecule has 2 aromatic carbocycles. The molecule has 1 aliphatic heterocycles. The number of nitriles is 1. The van der Waals surface area contributed by atoms with E-state index in [4.69, 9.17) is 4.74 Å². The zero-order valence-corrected chi connectivity index (χ0v) is 12.9. The van der Waals surface area contributed by atoms with Crippen LogP contribution in [0.5, 0.6) is 5.75 Å². The van der Waals surface area contributed by atoms with E-state index in [1.807, 2.05) is 24.3 Å². The number of ether oxygens (including phenoxy) is 1. The number of hydrogen-bond acceptors (Lipinski definition) is 3. The molecular weight excluding hydrogens is 302 g/mol. The molecule has 1 heterocycles. The number of benzene rings is 2. The van der Waals surface area contributed by atoms with Gasteiger partial charge in [-0.05, 0) is 48.6 Å². The largest absolute Gasteiger partial charge is 0.478 e. The van der Waals surface area contributed by atoms with Crippen molar-refractivity contribution in [2.75, 3.05) is 0 Å². The lowest BCUT2D eigenvalue weighted by atomic mass is 9.88. The zero-order chi connectivity index (χ0) is 16.7. The van der Waals surface area contributed by atoms with Crippen LogP contribution in [0.1, 0.15) is 45.8 Å². The SMILES string of the molecule is N#CC1c2ccccc2OC(=CC2CC2)c2cc(C(=O)O)ccc21. The minimum atomic E-state index is -0.987. The van der Waals surface area contributed by atoms with E-state index in [1.165, 1.54) is 0 Å². The Bertz CT molecular complexity index is 903. The molecule has 0 radical (unpaired) electrons. The van der Waals surface area contributed by atoms with Gasteiger partial charge in [-0.2, -0.15) is 5.26 Å². The Hall–Kier alpha value is -3.06. The van der Waals surface area contributed by atoms with Crippen molar-refractivity contribution in [2.45, 2.75) is 18.8 Å². The lowest BCUT2D eigenvalue weighted by Crippen LogP contribution is -2.04. The zero-order valence-electron chi connectivity index (χ0n) is 12.9. The van der Waals surface area contributed by atoms with Crippen molar-refractivity contribution in [3.8, 4) is 11.8 Å². The molecule has 2 aliphatic rings. The van der Waals surface area contributed by atoms with Crippen molar-refractivity contribution in [2.24, 2.45) is 5.92 Å². The first-order chi connectivity index (χ1) is 11.7. The van der Waals surface area contributed by atoms with Crippen LogP contribution in [-0.2, 0) is 0 Å². The summed E-state index contributed by atoms with van der Waals surface area (Å²) in [6.45, 7) is 0. The molecule has 0 saturated heterocycles. The van der Waals surface area contributed by atoms with Crippen molar-refractivity contribution >= 4 is 11.7 Å². The number of carbonyl (C=O) groups is 1. The normalized spacial score (nSPS) is 20.3. The minimum absolute atomic E-state index is 0.196. The molecule has 1 unspecified atom stereocenters. The maximum absolute atomic E-state index is 11.4. The third-order valence-corrected chi connectivity index (χ3v) is 4.46. The molecule has 1 atom stereocenters. The van der Waals surface area contributed by atoms with Crippen molar-refractivity contribution in [3.63, 3.8) is 0 Å². The molecule has 0 bridgehead atoms. The topological polar surface area (TPSA) is 70.3 Å². The molecule has 118 valence electrons. The maximum Gasteiger partial charge on any atom is 0.335 e. The van der Waals surface area contributed by atoms with Gasteiger partial charge in [-0.15, -0.1) is 0 Å². The van der Waals surface area contributed by atoms with Crippen molar-refractivity contribution < 1.29 is 14.6 Å². The highest BCUT2D eigenvalue weighted by molar-refractivity contribution is 5.89. The van der Waals surface area contributed by atoms with Gasteiger partial charge in [0, 0.05) is 11.1 Å². The molecule has 4 rings (SSSR count). The summed E-state index contributed by atoms with van der Waals surface area (Å²) in [6, 6.07) is 14.7. The lowest BCUT2D eigenvalue weighted by molar-refractivity contribution is 0.0697. The van der Waals surface area contributed by atoms with E-state index < -0.39 is 11.9 Å². The minimum Gasteiger partial charge on any atom is -0.478 e. The van der Waals surface area contributed by atoms with Crippen molar-refractivity contribution in [1.82, 2.24) is 0 Å². The number of para-hydroxylation sites is 1. The van der Waals surface area contributed by atoms with Crippen LogP contribution in [0, 0.1) is 17.2 Å². The van der Waals surface area contributed by atoms with Crippen LogP contribution in [0.15, 0.2) is 48.5 Å². The number of carboxylic acid groups (broad SMARTS) is 1. The molecule has 0 aromatic heterocycles. The highest BCUT2D eigenvalue weighted by atomic mass is 16.5. The fourth-order valence-corrected chi connectivity index (χ4v) is 3.05. The average Bonchev–Trinajstić information content (AvgIpc) is 3.41. The number of carboxylic acids is 1. The van der Waals surface area contributed by atoms with Gasteiger partial charge in [-0.3, -0.25) is 0 Å². The summed E-state index contributed by atoms with van der Waals surface area (Å²) in [7, 11) is 0. The lowest BCUT2D eigenvalue weighted by Gasteiger charge is -2.12. The van der Waals surface area contributed by atoms with Gasteiger partial charge in [0.05, 0.1) is 11.6 Å². The first-order valence-corrected chi connectivity index (χ1v) is 7.93. The molecule has 4 nitrogen and oxygen atoms in total. The van der Waals surface area contributed by atoms with E-state index in [-0.39, 0.29) is 5.56 Å². The predicted octanol–water partition coefficient (Wildman–Crippen LogP) is 4.18. The van der Waals surface area contributed by atoms with Gasteiger partial charge >= 0.3 is 5.97 Å². The van der Waals surface area contributed by atoms with Crippen LogP contribution in [-0.4, -0.2) is 11.1 Å². The summed E-state index contributed by atoms with van der Waals surface area (Å²) in [4.78, 5) is 11.4. The third kappa shape index (κ3) is 2.44. The van der Waals surface area contributed by atoms with Gasteiger partial charge in [0.15, 0.2) is 0 Å². The van der Waals surface area contributed by atoms with Gasteiger partial charge < -0.3 is 9.84 Å². The van der Waals surface area contributed by atoms with Crippen LogP contribution in [0.4, 0.5) is 0 Å². The predicted molar refractivity (Wildman–Crippen MR) is 88.6 cm³/mol. The fraction of sp³-hybridized carbons (Fsp3) is 0.200. The van der Waals surface area contributed by atoms with Crippen LogP contribution < -0.4 is 4.74 Å². The van der Waals surface area contributed by atoms with Crippen LogP contribution >= 0.6 is 0 Å². The summed E-state index contributed by atoms with van der Waals surface area (Å²) in [5.74, 6) is 0.306. The second kappa shape index (κ2) is 5.54. The van der Waals surface area contributed by atoms with E-state index in [2.05, 4.69) is 12.1 Å². The Balaban J connectivity index is 1.97. The Morgan fingerprint density at radius 3 is 2.71 bits per heavy atom. The van der Waals surface area contributed by atoms with E-state index in [0.717, 1.165) is 24.0 Å². The monoisotopic (exact) mass is 317 g/mol. The van der Waals surface area contributed by atoms with Gasteiger partial charge in [0.25, 0.3) is 0 Å². The first-order valence-electron chi connectivity index (χ1n) is 7.93. The summed E-state index contributed by atoms with van der Waals surface area (Å²) in [6.07, 6.45) is 4.29. The highest BCUT2D eigenvalue weighted by Crippen LogP contribution is 2.43. The summed E-state index contributed by atoms with van der Waals surface area (Å²) in [5, 5.41) is 19.0. The molecule has 0 spiro atoms. The van der Waals surface area contributed by atoms with E-state index in [1.54, 1.807) is 18.2 Å². The standard InChI is InChI=1S/C20H15NO3/c21-11-17-14-8-7-13(20(22)23)10-16(14)19(9-12-5-6-12)24-18-4-2-1-3-15(17)18/h1-4,7-10,12,17H,5-6H2,(H,22,23). The van der Waals surface area contributed by atoms with Gasteiger partial charge in [0.2, 0.25) is 0 Å². The highest BCUT2D eigenvalue weighted by Gasteiger charge is 2.29. The number of rotatable bonds is 2. The molecule has 4 heteroatoms. The molecular formula is C20H15NO3. The smallest absolute Gasteiger partial charge is 0.335 e. The summed E-state index contributed by atoms with van der Waals surface area (Å²) >= 11 is 0. The molecule has 1 saturated carbocycles. The first kappa shape index (κ1) is 14.5. The average molecular weight is 317 g/mol. The second-order valence-corrected chi connectivity index (χ2v) is 6.18. The van der Waals surface area contributed by atoms with Gasteiger partial charge in [-0.1, -0.05) is 24.3 Å². The number of hydrogen-bond donors (Lipinski definition) is 1. The van der Waals surface area contributed by atoms with Crippen molar-refractivity contribution in [1.29, 1.82) is 5.26 Å². The second-order valence-electron chi connectivity index (χ2n) is 6.18. The van der Waals surface area contributed by atoms with Crippen LogP contribution in [0.25, 0.3) is 5.76 Å². The molecule has 24 heavy (non-hydrogen) atoms. The van der Waals surface area contributed by atoms with E-state index >= 15 is 0 Å². The van der Waals surface area contributed by atoms with E-state index in [9.17, 15) is 15.2 Å². The van der Waals surface area contributed by atoms with Crippen LogP contribution in [0.2, 0.25) is 0 Å². The number of fused-ring (bicyclic) bond motifs is 2. The Morgan fingerprint density at radius 1 is 1.21 bits per heavy atom. The Morgan fingerprint density at radius 2 is 2.00 bits per heavy atom. The van der Waals surface area contributed by atoms with Gasteiger partial charge in [0.1, 0.15) is 17.4 Å². The Labute approximate surface area is 139 Å². The summed E-state index contributed by atoms with van der Waals surface area (Å²) < 4.78 is 6.12. The molecule has 2 aromatic rings. The number of aromatic carboxylic acids is 1. The Kier molecular flexibility index (Phi) is 3.35. The fourth-order valence-electron chi connectivity index (χ4n) is 3.05. The molecule has 1 N–H and O–H groups in total. The maximum atomic E-state index is 11.4. The quantitative estimate of drug-likeness (QED) is 0.902. The molecule has 1 fully saturated rings.